The molecule has 0 aliphatic carbocycles. The highest BCUT2D eigenvalue weighted by Crippen LogP contribution is 2.19. The van der Waals surface area contributed by atoms with Crippen LogP contribution in [0.25, 0.3) is 0 Å². The van der Waals surface area contributed by atoms with Crippen molar-refractivity contribution in [3.63, 3.8) is 0 Å². The van der Waals surface area contributed by atoms with Crippen LogP contribution in [-0.4, -0.2) is 5.33 Å². The summed E-state index contributed by atoms with van der Waals surface area (Å²) in [4.78, 5) is 0. The first-order chi connectivity index (χ1) is 6.74. The van der Waals surface area contributed by atoms with Crippen molar-refractivity contribution in [3.05, 3.63) is 46.0 Å². The molecule has 0 unspecified atom stereocenters. The molecule has 0 atom stereocenters. The summed E-state index contributed by atoms with van der Waals surface area (Å²) in [6.07, 6.45) is 4.43. The van der Waals surface area contributed by atoms with E-state index >= 15 is 0 Å². The number of hydrogen-bond donors (Lipinski definition) is 0. The van der Waals surface area contributed by atoms with Crippen LogP contribution >= 0.6 is 31.9 Å². The van der Waals surface area contributed by atoms with Gasteiger partial charge in [0.25, 0.3) is 0 Å². The molecule has 0 saturated heterocycles. The molecule has 76 valence electrons. The van der Waals surface area contributed by atoms with Gasteiger partial charge in [0.2, 0.25) is 0 Å². The van der Waals surface area contributed by atoms with Gasteiger partial charge >= 0.3 is 0 Å². The van der Waals surface area contributed by atoms with Crippen molar-refractivity contribution in [1.82, 2.24) is 0 Å². The Morgan fingerprint density at radius 3 is 2.71 bits per heavy atom. The van der Waals surface area contributed by atoms with E-state index in [0.717, 1.165) is 18.2 Å². The van der Waals surface area contributed by atoms with E-state index in [1.165, 1.54) is 15.6 Å². The minimum Gasteiger partial charge on any atom is -0.0925 e. The Morgan fingerprint density at radius 2 is 2.07 bits per heavy atom. The van der Waals surface area contributed by atoms with Crippen LogP contribution in [0.15, 0.2) is 40.4 Å². The minimum atomic E-state index is 1.04. The molecule has 0 amide bonds. The van der Waals surface area contributed by atoms with Gasteiger partial charge in [0.05, 0.1) is 0 Å². The molecule has 14 heavy (non-hydrogen) atoms. The lowest BCUT2D eigenvalue weighted by Gasteiger charge is -2.04. The van der Waals surface area contributed by atoms with Gasteiger partial charge in [-0.05, 0) is 31.4 Å². The standard InChI is InChI=1S/C12H14Br2/c1-10(5-4-8-13)9-11-6-2-3-7-12(11)14/h2-3,5-7H,4,8-9H2,1H3. The largest absolute Gasteiger partial charge is 0.0925 e. The second kappa shape index (κ2) is 6.41. The molecule has 0 aliphatic rings. The van der Waals surface area contributed by atoms with Crippen LogP contribution in [0, 0.1) is 0 Å². The highest BCUT2D eigenvalue weighted by atomic mass is 79.9. The van der Waals surface area contributed by atoms with E-state index in [4.69, 9.17) is 0 Å². The summed E-state index contributed by atoms with van der Waals surface area (Å²) in [6.45, 7) is 2.18. The van der Waals surface area contributed by atoms with E-state index in [0.29, 0.717) is 0 Å². The van der Waals surface area contributed by atoms with Gasteiger partial charge in [-0.1, -0.05) is 61.7 Å². The lowest BCUT2D eigenvalue weighted by molar-refractivity contribution is 1.09. The zero-order chi connectivity index (χ0) is 10.4. The molecule has 0 aromatic heterocycles. The van der Waals surface area contributed by atoms with Crippen molar-refractivity contribution in [2.75, 3.05) is 5.33 Å². The summed E-state index contributed by atoms with van der Waals surface area (Å²) in [5, 5.41) is 1.04. The Hall–Kier alpha value is -0.0800. The molecule has 0 radical (unpaired) electrons. The highest BCUT2D eigenvalue weighted by Gasteiger charge is 1.98. The molecule has 0 fully saturated rings. The summed E-state index contributed by atoms with van der Waals surface area (Å²) in [5.41, 5.74) is 2.78. The summed E-state index contributed by atoms with van der Waals surface area (Å²) < 4.78 is 1.20. The first-order valence-corrected chi connectivity index (χ1v) is 6.60. The van der Waals surface area contributed by atoms with Crippen molar-refractivity contribution in [2.24, 2.45) is 0 Å². The normalized spacial score (nSPS) is 11.8. The van der Waals surface area contributed by atoms with Gasteiger partial charge in [0.1, 0.15) is 0 Å². The first-order valence-electron chi connectivity index (χ1n) is 4.69. The Kier molecular flexibility index (Phi) is 5.49. The van der Waals surface area contributed by atoms with Crippen molar-refractivity contribution in [2.45, 2.75) is 19.8 Å². The number of benzene rings is 1. The van der Waals surface area contributed by atoms with E-state index in [-0.39, 0.29) is 0 Å². The maximum Gasteiger partial charge on any atom is 0.0210 e. The average Bonchev–Trinajstić information content (AvgIpc) is 2.18. The Morgan fingerprint density at radius 1 is 1.36 bits per heavy atom. The molecular weight excluding hydrogens is 304 g/mol. The molecule has 0 heterocycles. The van der Waals surface area contributed by atoms with Crippen LogP contribution in [-0.2, 0) is 6.42 Å². The van der Waals surface area contributed by atoms with Crippen molar-refractivity contribution < 1.29 is 0 Å². The lowest BCUT2D eigenvalue weighted by atomic mass is 10.1. The zero-order valence-corrected chi connectivity index (χ0v) is 11.4. The monoisotopic (exact) mass is 316 g/mol. The molecule has 0 N–H and O–H groups in total. The number of halogens is 2. The summed E-state index contributed by atoms with van der Waals surface area (Å²) in [6, 6.07) is 8.38. The molecule has 0 saturated carbocycles. The number of rotatable bonds is 4. The highest BCUT2D eigenvalue weighted by molar-refractivity contribution is 9.10. The predicted molar refractivity (Wildman–Crippen MR) is 70.0 cm³/mol. The number of alkyl halides is 1. The third kappa shape index (κ3) is 3.97. The molecule has 0 nitrogen and oxygen atoms in total. The van der Waals surface area contributed by atoms with Gasteiger partial charge in [-0.25, -0.2) is 0 Å². The van der Waals surface area contributed by atoms with Crippen molar-refractivity contribution >= 4 is 31.9 Å². The van der Waals surface area contributed by atoms with Crippen LogP contribution < -0.4 is 0 Å². The molecule has 1 aromatic carbocycles. The lowest BCUT2D eigenvalue weighted by Crippen LogP contribution is -1.88. The molecule has 2 heteroatoms. The Bertz CT molecular complexity index is 316. The Labute approximate surface area is 103 Å². The molecule has 0 bridgehead atoms. The van der Waals surface area contributed by atoms with Gasteiger partial charge in [-0.15, -0.1) is 0 Å². The van der Waals surface area contributed by atoms with Crippen molar-refractivity contribution in [3.8, 4) is 0 Å². The second-order valence-electron chi connectivity index (χ2n) is 3.30. The van der Waals surface area contributed by atoms with Crippen LogP contribution in [0.2, 0.25) is 0 Å². The van der Waals surface area contributed by atoms with Crippen LogP contribution in [0.1, 0.15) is 18.9 Å². The Balaban J connectivity index is 2.64. The van der Waals surface area contributed by atoms with E-state index in [9.17, 15) is 0 Å². The zero-order valence-electron chi connectivity index (χ0n) is 8.26. The second-order valence-corrected chi connectivity index (χ2v) is 4.94. The molecular formula is C12H14Br2. The predicted octanol–water partition coefficient (Wildman–Crippen LogP) is 4.72. The van der Waals surface area contributed by atoms with Gasteiger partial charge in [0.15, 0.2) is 0 Å². The first kappa shape index (κ1) is 12.0. The fraction of sp³-hybridized carbons (Fsp3) is 0.333. The van der Waals surface area contributed by atoms with Crippen LogP contribution in [0.3, 0.4) is 0 Å². The maximum atomic E-state index is 3.56. The van der Waals surface area contributed by atoms with Crippen LogP contribution in [0.5, 0.6) is 0 Å². The maximum absolute atomic E-state index is 3.56. The molecule has 1 rings (SSSR count). The molecule has 1 aromatic rings. The third-order valence-corrected chi connectivity index (χ3v) is 3.26. The van der Waals surface area contributed by atoms with E-state index < -0.39 is 0 Å². The summed E-state index contributed by atoms with van der Waals surface area (Å²) >= 11 is 6.98. The fourth-order valence-corrected chi connectivity index (χ4v) is 1.97. The van der Waals surface area contributed by atoms with Gasteiger partial charge in [-0.2, -0.15) is 0 Å². The summed E-state index contributed by atoms with van der Waals surface area (Å²) in [7, 11) is 0. The number of hydrogen-bond acceptors (Lipinski definition) is 0. The molecule has 0 aliphatic heterocycles. The van der Waals surface area contributed by atoms with Crippen molar-refractivity contribution in [1.29, 1.82) is 0 Å². The average molecular weight is 318 g/mol. The topological polar surface area (TPSA) is 0 Å². The van der Waals surface area contributed by atoms with E-state index in [1.54, 1.807) is 0 Å². The minimum absolute atomic E-state index is 1.04. The summed E-state index contributed by atoms with van der Waals surface area (Å²) in [5.74, 6) is 0. The third-order valence-electron chi connectivity index (χ3n) is 2.03. The smallest absolute Gasteiger partial charge is 0.0210 e. The SMILES string of the molecule is CC(=CCCBr)Cc1ccccc1Br. The molecule has 0 spiro atoms. The van der Waals surface area contributed by atoms with Gasteiger partial charge < -0.3 is 0 Å². The van der Waals surface area contributed by atoms with E-state index in [2.05, 4.69) is 63.1 Å². The van der Waals surface area contributed by atoms with E-state index in [1.807, 2.05) is 6.07 Å². The quantitative estimate of drug-likeness (QED) is 0.556. The fourth-order valence-electron chi connectivity index (χ4n) is 1.32. The van der Waals surface area contributed by atoms with Crippen LogP contribution in [0.4, 0.5) is 0 Å². The number of allylic oxidation sites excluding steroid dienone is 2. The van der Waals surface area contributed by atoms with Gasteiger partial charge in [-0.3, -0.25) is 0 Å². The van der Waals surface area contributed by atoms with Gasteiger partial charge in [0, 0.05) is 9.80 Å².